The first-order valence-corrected chi connectivity index (χ1v) is 18.4. The van der Waals surface area contributed by atoms with Crippen molar-refractivity contribution in [1.82, 2.24) is 21.3 Å². The van der Waals surface area contributed by atoms with E-state index in [1.807, 2.05) is 0 Å². The van der Waals surface area contributed by atoms with Crippen LogP contribution in [-0.2, 0) is 47.9 Å². The number of esters is 1. The highest BCUT2D eigenvalue weighted by molar-refractivity contribution is 5.95. The standard InChI is InChI=1S/C40H48FN5O12/c1-8-20(2)33-37(51)42-27(35(49)43-29(38(52)57-7)16-22-9-11-26(41)30(18-22)46(54)55)17-23-14-25(34(48)31(47)19-23)24-13-21(10-12-32(24)56-6)15-28(36(50)45-33)44-39(53)58-40(3,4)5/h9-14,18-20,27-29,33,47-48H,8,15-17H2,1-7H3,(H,42,51)(H,43,49)(H,44,53)(H,45,50)/t20-,27-,28-,29-,33-/m0/s1. The van der Waals surface area contributed by atoms with Crippen molar-refractivity contribution < 1.29 is 57.7 Å². The van der Waals surface area contributed by atoms with Crippen LogP contribution in [0.2, 0.25) is 0 Å². The molecule has 4 bridgehead atoms. The van der Waals surface area contributed by atoms with E-state index in [4.69, 9.17) is 14.2 Å². The average Bonchev–Trinajstić information content (AvgIpc) is 3.16. The molecule has 1 aliphatic rings. The Bertz CT molecular complexity index is 2070. The van der Waals surface area contributed by atoms with Crippen LogP contribution in [0.4, 0.5) is 14.9 Å². The molecule has 0 saturated carbocycles. The van der Waals surface area contributed by atoms with Gasteiger partial charge in [-0.05, 0) is 73.7 Å². The number of amides is 4. The van der Waals surface area contributed by atoms with Crippen LogP contribution in [0.5, 0.6) is 17.2 Å². The first-order valence-electron chi connectivity index (χ1n) is 18.4. The fraction of sp³-hybridized carbons (Fsp3) is 0.425. The van der Waals surface area contributed by atoms with Crippen LogP contribution in [0.1, 0.15) is 57.7 Å². The van der Waals surface area contributed by atoms with Crippen molar-refractivity contribution in [3.8, 4) is 28.4 Å². The first kappa shape index (κ1) is 44.3. The maximum Gasteiger partial charge on any atom is 0.408 e. The molecule has 0 unspecified atom stereocenters. The summed E-state index contributed by atoms with van der Waals surface area (Å²) in [5.41, 5.74) is -0.641. The maximum atomic E-state index is 14.2. The molecule has 312 valence electrons. The van der Waals surface area contributed by atoms with Crippen molar-refractivity contribution in [2.75, 3.05) is 14.2 Å². The lowest BCUT2D eigenvalue weighted by atomic mass is 9.94. The molecular formula is C40H48FN5O12. The average molecular weight is 810 g/mol. The number of carbonyl (C=O) groups excluding carboxylic acids is 5. The minimum absolute atomic E-state index is 0.0537. The van der Waals surface area contributed by atoms with Crippen LogP contribution in [0.3, 0.4) is 0 Å². The van der Waals surface area contributed by atoms with Crippen molar-refractivity contribution in [3.63, 3.8) is 0 Å². The molecule has 58 heavy (non-hydrogen) atoms. The number of nitro groups is 1. The third kappa shape index (κ3) is 11.1. The van der Waals surface area contributed by atoms with Gasteiger partial charge < -0.3 is 45.7 Å². The molecule has 0 aromatic heterocycles. The topological polar surface area (TPSA) is 245 Å². The molecular weight excluding hydrogens is 761 g/mol. The van der Waals surface area contributed by atoms with Gasteiger partial charge >= 0.3 is 17.7 Å². The minimum atomic E-state index is -1.53. The SMILES string of the molecule is CC[C@H](C)[C@@H]1NC(=O)[C@@H](NC(=O)OC(C)(C)C)Cc2ccc(OC)c(c2)-c2cc(cc(O)c2O)C[C@@H](C(=O)N[C@@H](Cc2ccc(F)c([N+](=O)[O-])c2)C(=O)OC)NC1=O. The number of benzene rings is 3. The Balaban J connectivity index is 1.85. The number of rotatable bonds is 10. The molecule has 5 atom stereocenters. The molecule has 6 N–H and O–H groups in total. The van der Waals surface area contributed by atoms with Crippen molar-refractivity contribution in [2.45, 2.75) is 90.1 Å². The number of ether oxygens (including phenoxy) is 3. The van der Waals surface area contributed by atoms with Crippen molar-refractivity contribution >= 4 is 35.5 Å². The van der Waals surface area contributed by atoms with Crippen LogP contribution < -0.4 is 26.0 Å². The zero-order valence-electron chi connectivity index (χ0n) is 33.1. The number of nitrogens with zero attached hydrogens (tertiary/aromatic N) is 1. The quantitative estimate of drug-likeness (QED) is 0.0743. The van der Waals surface area contributed by atoms with Crippen LogP contribution in [0.25, 0.3) is 11.1 Å². The third-order valence-corrected chi connectivity index (χ3v) is 9.47. The molecule has 4 amide bonds. The Labute approximate surface area is 333 Å². The number of nitro benzene ring substituents is 1. The van der Waals surface area contributed by atoms with Gasteiger partial charge in [-0.1, -0.05) is 32.4 Å². The zero-order chi connectivity index (χ0) is 43.1. The van der Waals surface area contributed by atoms with E-state index in [1.54, 1.807) is 52.8 Å². The zero-order valence-corrected chi connectivity index (χ0v) is 33.1. The highest BCUT2D eigenvalue weighted by Crippen LogP contribution is 2.42. The summed E-state index contributed by atoms with van der Waals surface area (Å²) in [6, 6.07) is 4.81. The molecule has 3 aromatic carbocycles. The van der Waals surface area contributed by atoms with Gasteiger partial charge in [0.05, 0.1) is 19.1 Å². The Morgan fingerprint density at radius 1 is 0.983 bits per heavy atom. The van der Waals surface area contributed by atoms with E-state index in [-0.39, 0.29) is 47.3 Å². The molecule has 3 aromatic rings. The number of carbonyl (C=O) groups is 5. The van der Waals surface area contributed by atoms with E-state index in [9.17, 15) is 48.7 Å². The van der Waals surface area contributed by atoms with E-state index in [1.165, 1.54) is 25.3 Å². The summed E-state index contributed by atoms with van der Waals surface area (Å²) in [5.74, 6) is -6.01. The molecule has 4 rings (SSSR count). The van der Waals surface area contributed by atoms with Crippen LogP contribution in [-0.4, -0.2) is 88.9 Å². The number of aromatic hydroxyl groups is 2. The molecule has 0 saturated heterocycles. The predicted molar refractivity (Wildman–Crippen MR) is 206 cm³/mol. The minimum Gasteiger partial charge on any atom is -0.504 e. The summed E-state index contributed by atoms with van der Waals surface area (Å²) in [7, 11) is 2.43. The molecule has 0 radical (unpaired) electrons. The molecule has 0 spiro atoms. The van der Waals surface area contributed by atoms with Crippen molar-refractivity contribution in [2.24, 2.45) is 5.92 Å². The number of methoxy groups -OCH3 is 2. The number of alkyl carbamates (subject to hydrolysis) is 1. The predicted octanol–water partition coefficient (Wildman–Crippen LogP) is 3.73. The number of phenols is 2. The second-order valence-corrected chi connectivity index (χ2v) is 14.9. The Morgan fingerprint density at radius 3 is 2.29 bits per heavy atom. The highest BCUT2D eigenvalue weighted by Gasteiger charge is 2.35. The summed E-state index contributed by atoms with van der Waals surface area (Å²) in [5, 5.41) is 43.9. The lowest BCUT2D eigenvalue weighted by molar-refractivity contribution is -0.387. The Kier molecular flexibility index (Phi) is 14.2. The number of fused-ring (bicyclic) bond motifs is 5. The van der Waals surface area contributed by atoms with Crippen LogP contribution >= 0.6 is 0 Å². The Hall–Kier alpha value is -6.46. The van der Waals surface area contributed by atoms with Gasteiger partial charge in [-0.2, -0.15) is 4.39 Å². The number of halogens is 1. The van der Waals surface area contributed by atoms with E-state index < -0.39 is 93.4 Å². The normalized spacial score (nSPS) is 18.2. The Morgan fingerprint density at radius 2 is 1.67 bits per heavy atom. The van der Waals surface area contributed by atoms with E-state index in [0.29, 0.717) is 12.0 Å². The van der Waals surface area contributed by atoms with Gasteiger partial charge in [-0.25, -0.2) is 9.59 Å². The monoisotopic (exact) mass is 809 g/mol. The van der Waals surface area contributed by atoms with Gasteiger partial charge in [0.2, 0.25) is 23.5 Å². The van der Waals surface area contributed by atoms with E-state index in [0.717, 1.165) is 19.2 Å². The van der Waals surface area contributed by atoms with E-state index >= 15 is 0 Å². The summed E-state index contributed by atoms with van der Waals surface area (Å²) in [6.45, 7) is 8.41. The number of hydrogen-bond donors (Lipinski definition) is 6. The van der Waals surface area contributed by atoms with Crippen molar-refractivity contribution in [3.05, 3.63) is 81.2 Å². The number of phenolic OH excluding ortho intramolecular Hbond substituents is 2. The molecule has 17 nitrogen and oxygen atoms in total. The fourth-order valence-corrected chi connectivity index (χ4v) is 6.32. The fourth-order valence-electron chi connectivity index (χ4n) is 6.32. The van der Waals surface area contributed by atoms with Crippen molar-refractivity contribution in [1.29, 1.82) is 0 Å². The second-order valence-electron chi connectivity index (χ2n) is 14.9. The van der Waals surface area contributed by atoms with Gasteiger partial charge in [0, 0.05) is 36.5 Å². The van der Waals surface area contributed by atoms with Crippen LogP contribution in [0, 0.1) is 21.8 Å². The summed E-state index contributed by atoms with van der Waals surface area (Å²) >= 11 is 0. The largest absolute Gasteiger partial charge is 0.504 e. The number of hydrogen-bond acceptors (Lipinski definition) is 12. The molecule has 1 aliphatic heterocycles. The molecule has 18 heteroatoms. The lowest BCUT2D eigenvalue weighted by Gasteiger charge is -2.29. The van der Waals surface area contributed by atoms with Gasteiger partial charge in [0.15, 0.2) is 11.5 Å². The van der Waals surface area contributed by atoms with E-state index in [2.05, 4.69) is 21.3 Å². The smallest absolute Gasteiger partial charge is 0.408 e. The summed E-state index contributed by atoms with van der Waals surface area (Å²) < 4.78 is 30.0. The van der Waals surface area contributed by atoms with Gasteiger partial charge in [-0.15, -0.1) is 0 Å². The van der Waals surface area contributed by atoms with Gasteiger partial charge in [0.1, 0.15) is 35.5 Å². The number of nitrogens with one attached hydrogen (secondary N) is 4. The highest BCUT2D eigenvalue weighted by atomic mass is 19.1. The summed E-state index contributed by atoms with van der Waals surface area (Å²) in [6.07, 6.45) is -1.38. The molecule has 0 fully saturated rings. The lowest BCUT2D eigenvalue weighted by Crippen LogP contribution is -2.60. The maximum absolute atomic E-state index is 14.2. The van der Waals surface area contributed by atoms with Gasteiger partial charge in [0.25, 0.3) is 0 Å². The van der Waals surface area contributed by atoms with Crippen LogP contribution in [0.15, 0.2) is 48.5 Å². The van der Waals surface area contributed by atoms with Gasteiger partial charge in [-0.3, -0.25) is 24.5 Å². The third-order valence-electron chi connectivity index (χ3n) is 9.47. The molecule has 0 aliphatic carbocycles. The summed E-state index contributed by atoms with van der Waals surface area (Å²) in [4.78, 5) is 78.9. The second kappa shape index (κ2) is 18.7. The molecule has 1 heterocycles. The first-order chi connectivity index (χ1) is 27.2.